The van der Waals surface area contributed by atoms with Crippen molar-refractivity contribution in [3.8, 4) is 0 Å². The molecule has 0 spiro atoms. The van der Waals surface area contributed by atoms with Crippen LogP contribution in [0.1, 0.15) is 37.2 Å². The summed E-state index contributed by atoms with van der Waals surface area (Å²) in [7, 11) is 0. The van der Waals surface area contributed by atoms with Crippen LogP contribution in [0.4, 0.5) is 10.1 Å². The molecular weight excluding hydrogens is 397 g/mol. The minimum atomic E-state index is -0.375. The summed E-state index contributed by atoms with van der Waals surface area (Å²) >= 11 is 3.51. The molecule has 1 atom stereocenters. The van der Waals surface area contributed by atoms with Crippen LogP contribution < -0.4 is 4.90 Å². The van der Waals surface area contributed by atoms with E-state index in [1.54, 1.807) is 17.0 Å². The second kappa shape index (κ2) is 6.80. The van der Waals surface area contributed by atoms with Crippen LogP contribution in [-0.2, 0) is 9.59 Å². The van der Waals surface area contributed by atoms with Gasteiger partial charge in [0, 0.05) is 34.5 Å². The number of para-hydroxylation sites is 1. The smallest absolute Gasteiger partial charge is 0.232 e. The number of ketones is 1. The third-order valence-electron chi connectivity index (χ3n) is 5.02. The van der Waals surface area contributed by atoms with E-state index in [-0.39, 0.29) is 29.8 Å². The minimum Gasteiger partial charge on any atom is -0.294 e. The predicted molar refractivity (Wildman–Crippen MR) is 101 cm³/mol. The summed E-state index contributed by atoms with van der Waals surface area (Å²) < 4.78 is 14.5. The predicted octanol–water partition coefficient (Wildman–Crippen LogP) is 5.12. The van der Waals surface area contributed by atoms with E-state index in [1.807, 2.05) is 24.3 Å². The Morgan fingerprint density at radius 1 is 1.04 bits per heavy atom. The average molecular weight is 414 g/mol. The maximum atomic E-state index is 13.7. The molecule has 5 heteroatoms. The van der Waals surface area contributed by atoms with Gasteiger partial charge in [0.2, 0.25) is 5.91 Å². The zero-order valence-electron chi connectivity index (χ0n) is 14.0. The molecule has 132 valence electrons. The standard InChI is InChI=1S/C21H17BrFNO2/c22-16-7-1-2-8-17(16)24-18-9-4-10-19(25)21(18)15(12-20(24)26)13-5-3-6-14(23)11-13/h1-3,5-8,11,15H,4,9-10,12H2. The van der Waals surface area contributed by atoms with Gasteiger partial charge in [0.25, 0.3) is 0 Å². The first-order valence-corrected chi connectivity index (χ1v) is 9.45. The summed E-state index contributed by atoms with van der Waals surface area (Å²) in [6, 6.07) is 13.7. The summed E-state index contributed by atoms with van der Waals surface area (Å²) in [5, 5.41) is 0. The van der Waals surface area contributed by atoms with E-state index in [0.29, 0.717) is 24.0 Å². The number of hydrogen-bond acceptors (Lipinski definition) is 2. The van der Waals surface area contributed by atoms with E-state index < -0.39 is 0 Å². The lowest BCUT2D eigenvalue weighted by molar-refractivity contribution is -0.119. The Hall–Kier alpha value is -2.27. The number of halogens is 2. The first-order valence-electron chi connectivity index (χ1n) is 8.65. The number of Topliss-reactive ketones (excluding diaryl/α,β-unsaturated/α-hetero) is 1. The molecule has 1 aliphatic carbocycles. The molecule has 2 aliphatic rings. The highest BCUT2D eigenvalue weighted by Gasteiger charge is 2.40. The number of carbonyl (C=O) groups excluding carboxylic acids is 2. The van der Waals surface area contributed by atoms with Gasteiger partial charge in [-0.05, 0) is 58.6 Å². The van der Waals surface area contributed by atoms with Crippen LogP contribution in [0.3, 0.4) is 0 Å². The molecule has 1 heterocycles. The van der Waals surface area contributed by atoms with E-state index in [9.17, 15) is 14.0 Å². The quantitative estimate of drug-likeness (QED) is 0.685. The maximum Gasteiger partial charge on any atom is 0.232 e. The van der Waals surface area contributed by atoms with Gasteiger partial charge in [-0.1, -0.05) is 24.3 Å². The zero-order chi connectivity index (χ0) is 18.3. The number of amides is 1. The van der Waals surface area contributed by atoms with Crippen molar-refractivity contribution in [1.29, 1.82) is 0 Å². The van der Waals surface area contributed by atoms with E-state index in [0.717, 1.165) is 22.3 Å². The van der Waals surface area contributed by atoms with Gasteiger partial charge in [0.05, 0.1) is 5.69 Å². The summed E-state index contributed by atoms with van der Waals surface area (Å²) in [5.74, 6) is -0.738. The van der Waals surface area contributed by atoms with Gasteiger partial charge in [-0.3, -0.25) is 14.5 Å². The Bertz CT molecular complexity index is 937. The molecule has 4 rings (SSSR count). The molecular formula is C21H17BrFNO2. The van der Waals surface area contributed by atoms with Crippen LogP contribution in [0.25, 0.3) is 0 Å². The lowest BCUT2D eigenvalue weighted by Gasteiger charge is -2.38. The molecule has 0 aromatic heterocycles. The van der Waals surface area contributed by atoms with E-state index in [1.165, 1.54) is 12.1 Å². The number of anilines is 1. The number of nitrogens with zero attached hydrogens (tertiary/aromatic N) is 1. The molecule has 0 N–H and O–H groups in total. The van der Waals surface area contributed by atoms with Crippen molar-refractivity contribution in [3.05, 3.63) is 75.7 Å². The van der Waals surface area contributed by atoms with Crippen molar-refractivity contribution in [2.45, 2.75) is 31.6 Å². The molecule has 2 aromatic rings. The molecule has 3 nitrogen and oxygen atoms in total. The van der Waals surface area contributed by atoms with Crippen molar-refractivity contribution in [2.24, 2.45) is 0 Å². The summed E-state index contributed by atoms with van der Waals surface area (Å²) in [5.41, 5.74) is 2.86. The maximum absolute atomic E-state index is 13.7. The highest BCUT2D eigenvalue weighted by atomic mass is 79.9. The first-order chi connectivity index (χ1) is 12.6. The fourth-order valence-electron chi connectivity index (χ4n) is 3.91. The number of rotatable bonds is 2. The number of carbonyl (C=O) groups is 2. The number of benzene rings is 2. The van der Waals surface area contributed by atoms with E-state index in [4.69, 9.17) is 0 Å². The molecule has 1 unspecified atom stereocenters. The first kappa shape index (κ1) is 17.2. The van der Waals surface area contributed by atoms with Gasteiger partial charge in [-0.2, -0.15) is 0 Å². The third kappa shape index (κ3) is 2.90. The van der Waals surface area contributed by atoms with Crippen molar-refractivity contribution in [2.75, 3.05) is 4.90 Å². The van der Waals surface area contributed by atoms with Crippen molar-refractivity contribution >= 4 is 33.3 Å². The van der Waals surface area contributed by atoms with Crippen molar-refractivity contribution in [1.82, 2.24) is 0 Å². The largest absolute Gasteiger partial charge is 0.294 e. The monoisotopic (exact) mass is 413 g/mol. The topological polar surface area (TPSA) is 37.4 Å². The Kier molecular flexibility index (Phi) is 4.49. The highest BCUT2D eigenvalue weighted by Crippen LogP contribution is 2.44. The molecule has 1 amide bonds. The number of hydrogen-bond donors (Lipinski definition) is 0. The van der Waals surface area contributed by atoms with Crippen LogP contribution >= 0.6 is 15.9 Å². The Morgan fingerprint density at radius 3 is 2.62 bits per heavy atom. The Morgan fingerprint density at radius 2 is 1.85 bits per heavy atom. The molecule has 0 saturated heterocycles. The summed E-state index contributed by atoms with van der Waals surface area (Å²) in [4.78, 5) is 27.5. The second-order valence-electron chi connectivity index (χ2n) is 6.63. The van der Waals surface area contributed by atoms with E-state index in [2.05, 4.69) is 15.9 Å². The van der Waals surface area contributed by atoms with Crippen molar-refractivity contribution in [3.63, 3.8) is 0 Å². The molecule has 26 heavy (non-hydrogen) atoms. The molecule has 0 radical (unpaired) electrons. The van der Waals surface area contributed by atoms with Crippen LogP contribution in [0.2, 0.25) is 0 Å². The third-order valence-corrected chi connectivity index (χ3v) is 5.69. The fourth-order valence-corrected chi connectivity index (χ4v) is 4.38. The van der Waals surface area contributed by atoms with Crippen molar-refractivity contribution < 1.29 is 14.0 Å². The molecule has 2 aromatic carbocycles. The summed E-state index contributed by atoms with van der Waals surface area (Å²) in [6.45, 7) is 0. The van der Waals surface area contributed by atoms with Gasteiger partial charge in [0.15, 0.2) is 5.78 Å². The zero-order valence-corrected chi connectivity index (χ0v) is 15.6. The second-order valence-corrected chi connectivity index (χ2v) is 7.48. The fraction of sp³-hybridized carbons (Fsp3) is 0.238. The van der Waals surface area contributed by atoms with Crippen LogP contribution in [0.15, 0.2) is 64.3 Å². The lowest BCUT2D eigenvalue weighted by atomic mass is 9.77. The molecule has 1 aliphatic heterocycles. The highest BCUT2D eigenvalue weighted by molar-refractivity contribution is 9.10. The number of allylic oxidation sites excluding steroid dienone is 2. The Balaban J connectivity index is 1.89. The average Bonchev–Trinajstić information content (AvgIpc) is 2.62. The SMILES string of the molecule is O=C1CCCC2=C1C(c1cccc(F)c1)CC(=O)N2c1ccccc1Br. The van der Waals surface area contributed by atoms with Gasteiger partial charge in [-0.25, -0.2) is 4.39 Å². The Labute approximate surface area is 159 Å². The summed E-state index contributed by atoms with van der Waals surface area (Å²) in [6.07, 6.45) is 2.03. The van der Waals surface area contributed by atoms with Gasteiger partial charge < -0.3 is 0 Å². The van der Waals surface area contributed by atoms with Gasteiger partial charge in [0.1, 0.15) is 5.82 Å². The lowest BCUT2D eigenvalue weighted by Crippen LogP contribution is -2.40. The van der Waals surface area contributed by atoms with Crippen LogP contribution in [0, 0.1) is 5.82 Å². The van der Waals surface area contributed by atoms with E-state index >= 15 is 0 Å². The minimum absolute atomic E-state index is 0.0602. The molecule has 0 bridgehead atoms. The van der Waals surface area contributed by atoms with Crippen LogP contribution in [-0.4, -0.2) is 11.7 Å². The normalized spacial score (nSPS) is 20.4. The molecule has 0 saturated carbocycles. The van der Waals surface area contributed by atoms with Crippen LogP contribution in [0.5, 0.6) is 0 Å². The molecule has 0 fully saturated rings. The van der Waals surface area contributed by atoms with Gasteiger partial charge in [-0.15, -0.1) is 0 Å². The van der Waals surface area contributed by atoms with Gasteiger partial charge >= 0.3 is 0 Å².